The van der Waals surface area contributed by atoms with E-state index in [1.54, 1.807) is 7.11 Å². The summed E-state index contributed by atoms with van der Waals surface area (Å²) in [4.78, 5) is 11.3. The summed E-state index contributed by atoms with van der Waals surface area (Å²) in [5.74, 6) is 2.31. The van der Waals surface area contributed by atoms with Gasteiger partial charge in [-0.25, -0.2) is 0 Å². The highest BCUT2D eigenvalue weighted by molar-refractivity contribution is 5.79. The number of carbonyl (C=O) groups excluding carboxylic acids is 1. The van der Waals surface area contributed by atoms with Gasteiger partial charge in [0.05, 0.1) is 13.7 Å². The standard InChI is InChI=1S/C15H21NO3/c1-10(2)9-19-14-6-11(4-5-13(14)18-3)12-7-15(17)16-8-12/h4-6,10,12H,7-9H2,1-3H3,(H,16,17). The van der Waals surface area contributed by atoms with Crippen LogP contribution in [0.15, 0.2) is 18.2 Å². The zero-order valence-electron chi connectivity index (χ0n) is 11.7. The van der Waals surface area contributed by atoms with E-state index >= 15 is 0 Å². The van der Waals surface area contributed by atoms with Crippen LogP contribution in [0.3, 0.4) is 0 Å². The highest BCUT2D eigenvalue weighted by Crippen LogP contribution is 2.33. The number of hydrogen-bond donors (Lipinski definition) is 1. The van der Waals surface area contributed by atoms with Gasteiger partial charge in [-0.05, 0) is 23.6 Å². The molecule has 1 heterocycles. The molecule has 4 heteroatoms. The van der Waals surface area contributed by atoms with Gasteiger partial charge in [0.2, 0.25) is 5.91 Å². The van der Waals surface area contributed by atoms with E-state index in [1.807, 2.05) is 18.2 Å². The maximum Gasteiger partial charge on any atom is 0.220 e. The van der Waals surface area contributed by atoms with Crippen molar-refractivity contribution < 1.29 is 14.3 Å². The Morgan fingerprint density at radius 1 is 1.37 bits per heavy atom. The Morgan fingerprint density at radius 3 is 2.74 bits per heavy atom. The molecule has 1 atom stereocenters. The summed E-state index contributed by atoms with van der Waals surface area (Å²) in [6.07, 6.45) is 0.552. The van der Waals surface area contributed by atoms with Crippen LogP contribution in [-0.4, -0.2) is 26.2 Å². The van der Waals surface area contributed by atoms with Crippen molar-refractivity contribution in [1.82, 2.24) is 5.32 Å². The number of hydrogen-bond acceptors (Lipinski definition) is 3. The molecule has 0 saturated carbocycles. The van der Waals surface area contributed by atoms with Gasteiger partial charge in [-0.3, -0.25) is 4.79 Å². The average Bonchev–Trinajstić information content (AvgIpc) is 2.82. The summed E-state index contributed by atoms with van der Waals surface area (Å²) in [6, 6.07) is 5.91. The molecule has 1 unspecified atom stereocenters. The summed E-state index contributed by atoms with van der Waals surface area (Å²) in [6.45, 7) is 5.57. The molecule has 1 saturated heterocycles. The van der Waals surface area contributed by atoms with E-state index in [2.05, 4.69) is 19.2 Å². The van der Waals surface area contributed by atoms with Gasteiger partial charge in [-0.2, -0.15) is 0 Å². The number of amides is 1. The first-order chi connectivity index (χ1) is 9.10. The molecule has 0 aliphatic carbocycles. The third kappa shape index (κ3) is 3.40. The van der Waals surface area contributed by atoms with Crippen molar-refractivity contribution in [2.24, 2.45) is 5.92 Å². The SMILES string of the molecule is COc1ccc(C2CNC(=O)C2)cc1OCC(C)C. The van der Waals surface area contributed by atoms with Crippen LogP contribution in [0.4, 0.5) is 0 Å². The lowest BCUT2D eigenvalue weighted by molar-refractivity contribution is -0.119. The molecule has 1 N–H and O–H groups in total. The molecule has 0 bridgehead atoms. The van der Waals surface area contributed by atoms with Crippen molar-refractivity contribution >= 4 is 5.91 Å². The van der Waals surface area contributed by atoms with E-state index < -0.39 is 0 Å². The van der Waals surface area contributed by atoms with Gasteiger partial charge in [0.15, 0.2) is 11.5 Å². The molecule has 1 fully saturated rings. The molecule has 1 aliphatic heterocycles. The fourth-order valence-electron chi connectivity index (χ4n) is 2.16. The molecule has 19 heavy (non-hydrogen) atoms. The van der Waals surface area contributed by atoms with Crippen LogP contribution in [0.5, 0.6) is 11.5 Å². The number of methoxy groups -OCH3 is 1. The summed E-state index contributed by atoms with van der Waals surface area (Å²) in [5, 5.41) is 2.86. The van der Waals surface area contributed by atoms with Gasteiger partial charge in [0, 0.05) is 18.9 Å². The number of carbonyl (C=O) groups is 1. The maximum absolute atomic E-state index is 11.3. The van der Waals surface area contributed by atoms with E-state index in [0.29, 0.717) is 25.5 Å². The predicted octanol–water partition coefficient (Wildman–Crippen LogP) is 2.33. The third-order valence-electron chi connectivity index (χ3n) is 3.21. The molecule has 4 nitrogen and oxygen atoms in total. The topological polar surface area (TPSA) is 47.6 Å². The molecule has 0 radical (unpaired) electrons. The minimum absolute atomic E-state index is 0.116. The number of benzene rings is 1. The molecule has 1 aliphatic rings. The van der Waals surface area contributed by atoms with Crippen LogP contribution < -0.4 is 14.8 Å². The lowest BCUT2D eigenvalue weighted by Crippen LogP contribution is -2.13. The van der Waals surface area contributed by atoms with Gasteiger partial charge in [-0.1, -0.05) is 19.9 Å². The van der Waals surface area contributed by atoms with Gasteiger partial charge < -0.3 is 14.8 Å². The summed E-state index contributed by atoms with van der Waals surface area (Å²) >= 11 is 0. The number of ether oxygens (including phenoxy) is 2. The van der Waals surface area contributed by atoms with Gasteiger partial charge in [0.1, 0.15) is 0 Å². The van der Waals surface area contributed by atoms with Crippen LogP contribution in [0.25, 0.3) is 0 Å². The average molecular weight is 263 g/mol. The smallest absolute Gasteiger partial charge is 0.220 e. The Balaban J connectivity index is 2.17. The maximum atomic E-state index is 11.3. The highest BCUT2D eigenvalue weighted by Gasteiger charge is 2.24. The Bertz CT molecular complexity index is 457. The van der Waals surface area contributed by atoms with Crippen LogP contribution in [0.1, 0.15) is 31.7 Å². The molecular weight excluding hydrogens is 242 g/mol. The summed E-state index contributed by atoms with van der Waals surface area (Å²) in [5.41, 5.74) is 1.12. The van der Waals surface area contributed by atoms with Crippen LogP contribution in [-0.2, 0) is 4.79 Å². The predicted molar refractivity (Wildman–Crippen MR) is 73.7 cm³/mol. The second-order valence-corrected chi connectivity index (χ2v) is 5.32. The monoisotopic (exact) mass is 263 g/mol. The molecule has 1 amide bonds. The molecule has 2 rings (SSSR count). The third-order valence-corrected chi connectivity index (χ3v) is 3.21. The minimum atomic E-state index is 0.116. The number of rotatable bonds is 5. The van der Waals surface area contributed by atoms with E-state index in [1.165, 1.54) is 0 Å². The van der Waals surface area contributed by atoms with Crippen molar-refractivity contribution in [2.45, 2.75) is 26.2 Å². The van der Waals surface area contributed by atoms with E-state index in [9.17, 15) is 4.79 Å². The molecule has 0 aromatic heterocycles. The van der Waals surface area contributed by atoms with Gasteiger partial charge >= 0.3 is 0 Å². The Labute approximate surface area is 114 Å². The largest absolute Gasteiger partial charge is 0.493 e. The van der Waals surface area contributed by atoms with Gasteiger partial charge in [-0.15, -0.1) is 0 Å². The van der Waals surface area contributed by atoms with Crippen molar-refractivity contribution in [3.63, 3.8) is 0 Å². The molecular formula is C15H21NO3. The first kappa shape index (κ1) is 13.7. The summed E-state index contributed by atoms with van der Waals surface area (Å²) < 4.78 is 11.1. The second kappa shape index (κ2) is 5.95. The quantitative estimate of drug-likeness (QED) is 0.887. The molecule has 1 aromatic rings. The molecule has 0 spiro atoms. The van der Waals surface area contributed by atoms with Gasteiger partial charge in [0.25, 0.3) is 0 Å². The normalized spacial score (nSPS) is 18.5. The zero-order chi connectivity index (χ0) is 13.8. The first-order valence-electron chi connectivity index (χ1n) is 6.67. The molecule has 1 aromatic carbocycles. The second-order valence-electron chi connectivity index (χ2n) is 5.32. The highest BCUT2D eigenvalue weighted by atomic mass is 16.5. The Kier molecular flexibility index (Phi) is 4.30. The zero-order valence-corrected chi connectivity index (χ0v) is 11.7. The number of nitrogens with one attached hydrogen (secondary N) is 1. The lowest BCUT2D eigenvalue weighted by Gasteiger charge is -2.15. The van der Waals surface area contributed by atoms with Crippen molar-refractivity contribution in [1.29, 1.82) is 0 Å². The Morgan fingerprint density at radius 2 is 2.16 bits per heavy atom. The van der Waals surface area contributed by atoms with Crippen LogP contribution in [0.2, 0.25) is 0 Å². The van der Waals surface area contributed by atoms with E-state index in [-0.39, 0.29) is 11.8 Å². The lowest BCUT2D eigenvalue weighted by atomic mass is 9.98. The fraction of sp³-hybridized carbons (Fsp3) is 0.533. The van der Waals surface area contributed by atoms with Crippen molar-refractivity contribution in [2.75, 3.05) is 20.3 Å². The Hall–Kier alpha value is -1.71. The van der Waals surface area contributed by atoms with Crippen molar-refractivity contribution in [3.05, 3.63) is 23.8 Å². The minimum Gasteiger partial charge on any atom is -0.493 e. The first-order valence-corrected chi connectivity index (χ1v) is 6.67. The molecule has 104 valence electrons. The van der Waals surface area contributed by atoms with Crippen molar-refractivity contribution in [3.8, 4) is 11.5 Å². The van der Waals surface area contributed by atoms with E-state index in [4.69, 9.17) is 9.47 Å². The van der Waals surface area contributed by atoms with Crippen LogP contribution >= 0.6 is 0 Å². The fourth-order valence-corrected chi connectivity index (χ4v) is 2.16. The summed E-state index contributed by atoms with van der Waals surface area (Å²) in [7, 11) is 1.64. The van der Waals surface area contributed by atoms with E-state index in [0.717, 1.165) is 17.1 Å². The van der Waals surface area contributed by atoms with Crippen LogP contribution in [0, 0.1) is 5.92 Å².